The van der Waals surface area contributed by atoms with Gasteiger partial charge in [-0.3, -0.25) is 4.79 Å². The minimum atomic E-state index is -0.104. The number of furan rings is 1. The fourth-order valence-corrected chi connectivity index (χ4v) is 2.44. The summed E-state index contributed by atoms with van der Waals surface area (Å²) in [6.07, 6.45) is 2.15. The van der Waals surface area contributed by atoms with Gasteiger partial charge in [0.15, 0.2) is 5.76 Å². The molecule has 0 aliphatic carbocycles. The molecular formula is C13H20N2O3. The van der Waals surface area contributed by atoms with Gasteiger partial charge in [-0.25, -0.2) is 0 Å². The molecule has 100 valence electrons. The summed E-state index contributed by atoms with van der Waals surface area (Å²) in [6.45, 7) is 3.46. The molecule has 2 rings (SSSR count). The second kappa shape index (κ2) is 5.44. The van der Waals surface area contributed by atoms with Crippen molar-refractivity contribution in [2.75, 3.05) is 20.2 Å². The number of carbonyl (C=O) groups is 1. The molecule has 1 amide bonds. The summed E-state index contributed by atoms with van der Waals surface area (Å²) in [5.74, 6) is 0.964. The zero-order valence-corrected chi connectivity index (χ0v) is 10.9. The Labute approximate surface area is 107 Å². The molecule has 1 aliphatic rings. The first-order valence-electron chi connectivity index (χ1n) is 6.34. The minimum Gasteiger partial charge on any atom is -0.468 e. The highest BCUT2D eigenvalue weighted by Crippen LogP contribution is 2.23. The highest BCUT2D eigenvalue weighted by molar-refractivity contribution is 5.91. The maximum atomic E-state index is 12.2. The van der Waals surface area contributed by atoms with Crippen LogP contribution in [-0.2, 0) is 0 Å². The monoisotopic (exact) mass is 252 g/mol. The quantitative estimate of drug-likeness (QED) is 0.881. The number of likely N-dealkylation sites (tertiary alicyclic amines) is 1. The molecule has 0 aromatic carbocycles. The molecule has 1 aromatic rings. The first-order chi connectivity index (χ1) is 8.65. The van der Waals surface area contributed by atoms with Gasteiger partial charge >= 0.3 is 0 Å². The number of nitrogens with two attached hydrogens (primary N) is 1. The number of carbonyl (C=O) groups excluding carboxylic acids is 1. The van der Waals surface area contributed by atoms with Crippen molar-refractivity contribution in [1.82, 2.24) is 4.90 Å². The van der Waals surface area contributed by atoms with Crippen molar-refractivity contribution in [3.8, 4) is 5.95 Å². The Morgan fingerprint density at radius 1 is 1.56 bits per heavy atom. The van der Waals surface area contributed by atoms with E-state index in [4.69, 9.17) is 14.9 Å². The molecule has 0 bridgehead atoms. The van der Waals surface area contributed by atoms with Crippen molar-refractivity contribution in [2.45, 2.75) is 25.8 Å². The summed E-state index contributed by atoms with van der Waals surface area (Å²) in [6, 6.07) is 3.36. The summed E-state index contributed by atoms with van der Waals surface area (Å²) < 4.78 is 10.2. The number of hydrogen-bond acceptors (Lipinski definition) is 4. The molecule has 1 aliphatic heterocycles. The van der Waals surface area contributed by atoms with E-state index in [0.717, 1.165) is 19.4 Å². The van der Waals surface area contributed by atoms with E-state index in [-0.39, 0.29) is 11.9 Å². The average molecular weight is 252 g/mol. The first kappa shape index (κ1) is 13.0. The molecule has 1 saturated heterocycles. The lowest BCUT2D eigenvalue weighted by atomic mass is 9.99. The van der Waals surface area contributed by atoms with Gasteiger partial charge in [0.25, 0.3) is 11.9 Å². The van der Waals surface area contributed by atoms with E-state index in [1.165, 1.54) is 7.11 Å². The summed E-state index contributed by atoms with van der Waals surface area (Å²) in [5, 5.41) is 0. The van der Waals surface area contributed by atoms with Crippen LogP contribution in [-0.4, -0.2) is 37.0 Å². The average Bonchev–Trinajstić information content (AvgIpc) is 2.96. The number of hydrogen-bond donors (Lipinski definition) is 1. The van der Waals surface area contributed by atoms with Gasteiger partial charge in [-0.1, -0.05) is 13.3 Å². The van der Waals surface area contributed by atoms with Crippen molar-refractivity contribution in [2.24, 2.45) is 11.7 Å². The van der Waals surface area contributed by atoms with Crippen LogP contribution in [0.2, 0.25) is 0 Å². The van der Waals surface area contributed by atoms with E-state index in [0.29, 0.717) is 24.2 Å². The predicted molar refractivity (Wildman–Crippen MR) is 67.5 cm³/mol. The molecule has 0 radical (unpaired) electrons. The van der Waals surface area contributed by atoms with E-state index < -0.39 is 0 Å². The third-order valence-electron chi connectivity index (χ3n) is 3.43. The topological polar surface area (TPSA) is 68.7 Å². The molecule has 2 atom stereocenters. The Balaban J connectivity index is 2.02. The van der Waals surface area contributed by atoms with Gasteiger partial charge in [0.2, 0.25) is 0 Å². The highest BCUT2D eigenvalue weighted by atomic mass is 16.6. The normalized spacial score (nSPS) is 23.4. The van der Waals surface area contributed by atoms with Gasteiger partial charge < -0.3 is 19.8 Å². The Morgan fingerprint density at radius 2 is 2.33 bits per heavy atom. The number of nitrogens with zero attached hydrogens (tertiary/aromatic N) is 1. The van der Waals surface area contributed by atoms with Gasteiger partial charge in [-0.2, -0.15) is 0 Å². The molecule has 0 unspecified atom stereocenters. The van der Waals surface area contributed by atoms with E-state index in [1.54, 1.807) is 17.0 Å². The van der Waals surface area contributed by atoms with E-state index in [2.05, 4.69) is 6.92 Å². The summed E-state index contributed by atoms with van der Waals surface area (Å²) in [4.78, 5) is 14.0. The largest absolute Gasteiger partial charge is 0.468 e. The summed E-state index contributed by atoms with van der Waals surface area (Å²) in [5.41, 5.74) is 6.05. The molecule has 18 heavy (non-hydrogen) atoms. The van der Waals surface area contributed by atoms with Gasteiger partial charge in [-0.15, -0.1) is 0 Å². The molecule has 0 saturated carbocycles. The van der Waals surface area contributed by atoms with Crippen LogP contribution in [0.25, 0.3) is 0 Å². The predicted octanol–water partition coefficient (Wildman–Crippen LogP) is 1.49. The molecule has 0 spiro atoms. The Bertz CT molecular complexity index is 416. The lowest BCUT2D eigenvalue weighted by Gasteiger charge is -2.14. The smallest absolute Gasteiger partial charge is 0.289 e. The second-order valence-electron chi connectivity index (χ2n) is 4.75. The molecular weight excluding hydrogens is 232 g/mol. The zero-order chi connectivity index (χ0) is 13.1. The van der Waals surface area contributed by atoms with Crippen LogP contribution in [0.1, 0.15) is 30.3 Å². The van der Waals surface area contributed by atoms with Crippen LogP contribution >= 0.6 is 0 Å². The van der Waals surface area contributed by atoms with E-state index >= 15 is 0 Å². The fraction of sp³-hybridized carbons (Fsp3) is 0.615. The lowest BCUT2D eigenvalue weighted by Crippen LogP contribution is -2.32. The second-order valence-corrected chi connectivity index (χ2v) is 4.75. The highest BCUT2D eigenvalue weighted by Gasteiger charge is 2.33. The maximum absolute atomic E-state index is 12.2. The molecule has 1 aromatic heterocycles. The third-order valence-corrected chi connectivity index (χ3v) is 3.43. The van der Waals surface area contributed by atoms with Crippen molar-refractivity contribution < 1.29 is 13.9 Å². The number of rotatable bonds is 4. The van der Waals surface area contributed by atoms with E-state index in [9.17, 15) is 4.79 Å². The molecule has 5 heteroatoms. The fourth-order valence-electron chi connectivity index (χ4n) is 2.44. The maximum Gasteiger partial charge on any atom is 0.289 e. The minimum absolute atomic E-state index is 0.0748. The Kier molecular flexibility index (Phi) is 3.91. The van der Waals surface area contributed by atoms with Gasteiger partial charge in [-0.05, 0) is 18.4 Å². The number of amides is 1. The summed E-state index contributed by atoms with van der Waals surface area (Å²) >= 11 is 0. The Morgan fingerprint density at radius 3 is 2.94 bits per heavy atom. The van der Waals surface area contributed by atoms with Crippen molar-refractivity contribution in [1.29, 1.82) is 0 Å². The van der Waals surface area contributed by atoms with Crippen molar-refractivity contribution >= 4 is 5.91 Å². The first-order valence-corrected chi connectivity index (χ1v) is 6.34. The number of methoxy groups -OCH3 is 1. The standard InChI is InChI=1S/C13H20N2O3/c1-3-4-9-7-15(8-10(9)14)13(16)11-5-6-12(17-2)18-11/h5-6,9-10H,3-4,7-8,14H2,1-2H3/t9-,10-/m1/s1. The summed E-state index contributed by atoms with van der Waals surface area (Å²) in [7, 11) is 1.51. The molecule has 2 N–H and O–H groups in total. The molecule has 2 heterocycles. The lowest BCUT2D eigenvalue weighted by molar-refractivity contribution is 0.0747. The van der Waals surface area contributed by atoms with Crippen LogP contribution in [0.15, 0.2) is 16.5 Å². The van der Waals surface area contributed by atoms with Crippen LogP contribution in [0.5, 0.6) is 5.95 Å². The van der Waals surface area contributed by atoms with Crippen LogP contribution < -0.4 is 10.5 Å². The van der Waals surface area contributed by atoms with Crippen molar-refractivity contribution in [3.05, 3.63) is 17.9 Å². The molecule has 1 fully saturated rings. The van der Waals surface area contributed by atoms with E-state index in [1.807, 2.05) is 0 Å². The number of ether oxygens (including phenoxy) is 1. The van der Waals surface area contributed by atoms with Crippen LogP contribution in [0, 0.1) is 5.92 Å². The SMILES string of the molecule is CCC[C@@H]1CN(C(=O)c2ccc(OC)o2)C[C@H]1N. The van der Waals surface area contributed by atoms with Gasteiger partial charge in [0, 0.05) is 25.2 Å². The molecule has 5 nitrogen and oxygen atoms in total. The van der Waals surface area contributed by atoms with Gasteiger partial charge in [0.05, 0.1) is 7.11 Å². The van der Waals surface area contributed by atoms with Crippen LogP contribution in [0.4, 0.5) is 0 Å². The van der Waals surface area contributed by atoms with Crippen molar-refractivity contribution in [3.63, 3.8) is 0 Å². The van der Waals surface area contributed by atoms with Gasteiger partial charge in [0.1, 0.15) is 0 Å². The third kappa shape index (κ3) is 2.51. The van der Waals surface area contributed by atoms with Crippen LogP contribution in [0.3, 0.4) is 0 Å². The zero-order valence-electron chi connectivity index (χ0n) is 10.9. The Hall–Kier alpha value is -1.49.